The van der Waals surface area contributed by atoms with Crippen molar-refractivity contribution in [3.8, 4) is 33.9 Å². The van der Waals surface area contributed by atoms with Crippen molar-refractivity contribution in [2.75, 3.05) is 36.8 Å². The summed E-state index contributed by atoms with van der Waals surface area (Å²) in [6.45, 7) is 13.5. The van der Waals surface area contributed by atoms with E-state index >= 15 is 0 Å². The molecular formula is C58H64N18O4. The third-order valence-electron chi connectivity index (χ3n) is 13.5. The number of amides is 2. The number of carbonyl (C=O) groups excluding carboxylic acids is 2. The van der Waals surface area contributed by atoms with Gasteiger partial charge in [-0.1, -0.05) is 6.08 Å². The van der Waals surface area contributed by atoms with Gasteiger partial charge in [-0.3, -0.25) is 18.2 Å². The van der Waals surface area contributed by atoms with Crippen molar-refractivity contribution in [1.29, 1.82) is 0 Å². The molecule has 1 saturated heterocycles. The van der Waals surface area contributed by atoms with Crippen LogP contribution < -0.4 is 10.6 Å². The van der Waals surface area contributed by atoms with Gasteiger partial charge in [-0.25, -0.2) is 39.5 Å². The number of nitrogens with zero attached hydrogens (tertiary/aromatic N) is 16. The summed E-state index contributed by atoms with van der Waals surface area (Å²) in [5, 5.41) is 15.6. The number of carbonyl (C=O) groups is 2. The summed E-state index contributed by atoms with van der Waals surface area (Å²) in [6, 6.07) is 16.1. The van der Waals surface area contributed by atoms with Gasteiger partial charge in [-0.2, -0.15) is 10.2 Å². The van der Waals surface area contributed by atoms with Gasteiger partial charge in [-0.15, -0.1) is 0 Å². The fraction of sp³-hybridized carbons (Fsp3) is 0.310. The summed E-state index contributed by atoms with van der Waals surface area (Å²) in [5.74, 6) is 1.31. The second-order valence-electron chi connectivity index (χ2n) is 21.9. The number of ether oxygens (including phenoxy) is 2. The second kappa shape index (κ2) is 21.7. The Morgan fingerprint density at radius 2 is 1.15 bits per heavy atom. The van der Waals surface area contributed by atoms with E-state index in [4.69, 9.17) is 29.4 Å². The molecule has 2 aromatic carbocycles. The molecule has 2 aliphatic rings. The van der Waals surface area contributed by atoms with Crippen molar-refractivity contribution < 1.29 is 19.1 Å². The summed E-state index contributed by atoms with van der Waals surface area (Å²) in [4.78, 5) is 57.0. The minimum atomic E-state index is -0.560. The van der Waals surface area contributed by atoms with Crippen molar-refractivity contribution in [2.24, 2.45) is 14.1 Å². The van der Waals surface area contributed by atoms with E-state index in [0.29, 0.717) is 55.5 Å². The summed E-state index contributed by atoms with van der Waals surface area (Å²) in [5.41, 5.74) is 10.4. The van der Waals surface area contributed by atoms with Crippen molar-refractivity contribution in [3.63, 3.8) is 0 Å². The Morgan fingerprint density at radius 1 is 0.625 bits per heavy atom. The lowest BCUT2D eigenvalue weighted by atomic mass is 9.95. The zero-order valence-corrected chi connectivity index (χ0v) is 46.1. The Kier molecular flexibility index (Phi) is 14.2. The molecule has 1 fully saturated rings. The maximum atomic E-state index is 12.9. The van der Waals surface area contributed by atoms with Crippen LogP contribution in [0.15, 0.2) is 142 Å². The lowest BCUT2D eigenvalue weighted by Gasteiger charge is -2.34. The molecule has 10 aromatic rings. The van der Waals surface area contributed by atoms with Crippen LogP contribution in [0.4, 0.5) is 32.6 Å². The summed E-state index contributed by atoms with van der Waals surface area (Å²) >= 11 is 0. The highest BCUT2D eigenvalue weighted by Crippen LogP contribution is 2.34. The molecule has 2 aliphatic heterocycles. The Bertz CT molecular complexity index is 3820. The highest BCUT2D eigenvalue weighted by atomic mass is 16.6. The molecule has 0 radical (unpaired) electrons. The van der Waals surface area contributed by atoms with Crippen molar-refractivity contribution in [3.05, 3.63) is 153 Å². The van der Waals surface area contributed by atoms with Gasteiger partial charge in [0.05, 0.1) is 66.8 Å². The highest BCUT2D eigenvalue weighted by Gasteiger charge is 2.31. The Balaban J connectivity index is 0.000000169. The lowest BCUT2D eigenvalue weighted by Crippen LogP contribution is -2.42. The quantitative estimate of drug-likeness (QED) is 0.130. The van der Waals surface area contributed by atoms with Crippen LogP contribution in [0.25, 0.3) is 50.8 Å². The molecule has 0 bridgehead atoms. The molecule has 2 amide bonds. The molecule has 410 valence electrons. The predicted octanol–water partition coefficient (Wildman–Crippen LogP) is 10.3. The number of rotatable bonds is 10. The van der Waals surface area contributed by atoms with Gasteiger partial charge in [0.25, 0.3) is 0 Å². The average Bonchev–Trinajstić information content (AvgIpc) is 4.39. The molecule has 0 aliphatic carbocycles. The Labute approximate surface area is 462 Å². The van der Waals surface area contributed by atoms with Crippen LogP contribution in [-0.2, 0) is 23.6 Å². The smallest absolute Gasteiger partial charge is 0.410 e. The predicted molar refractivity (Wildman–Crippen MR) is 304 cm³/mol. The third-order valence-corrected chi connectivity index (χ3v) is 13.5. The molecule has 12 rings (SSSR count). The third kappa shape index (κ3) is 11.8. The maximum Gasteiger partial charge on any atom is 0.410 e. The second-order valence-corrected chi connectivity index (χ2v) is 21.9. The van der Waals surface area contributed by atoms with Gasteiger partial charge < -0.3 is 39.0 Å². The van der Waals surface area contributed by atoms with E-state index in [1.54, 1.807) is 44.2 Å². The van der Waals surface area contributed by atoms with Crippen molar-refractivity contribution in [1.82, 2.24) is 77.2 Å². The number of hydrogen-bond donors (Lipinski definition) is 2. The van der Waals surface area contributed by atoms with Gasteiger partial charge in [-0.05, 0) is 115 Å². The first-order chi connectivity index (χ1) is 38.5. The fourth-order valence-electron chi connectivity index (χ4n) is 9.70. The molecule has 8 aromatic heterocycles. The molecule has 1 atom stereocenters. The van der Waals surface area contributed by atoms with Crippen LogP contribution in [0.3, 0.4) is 0 Å². The molecule has 0 saturated carbocycles. The molecule has 22 nitrogen and oxygen atoms in total. The standard InChI is InChI=1S/C29H33N9O2.C29H31N9O2/c2*1-29(2,3)40-28(39)36-12-5-6-20(17-36)24-18-38-25(21-14-32-35(4)16-21)15-31-27(38)26(34-24)33-22-7-9-23(10-8-22)37-13-11-30-19-37/h7-11,13-16,18-20H,5-6,12,17H2,1-4H3,(H,33,34);6-11,13-16,18-19H,5,12,17H2,1-4H3,(H,33,34). The van der Waals surface area contributed by atoms with Gasteiger partial charge in [0.1, 0.15) is 11.2 Å². The van der Waals surface area contributed by atoms with Crippen LogP contribution in [0.1, 0.15) is 78.1 Å². The first kappa shape index (κ1) is 52.5. The first-order valence-corrected chi connectivity index (χ1v) is 26.6. The summed E-state index contributed by atoms with van der Waals surface area (Å²) in [7, 11) is 3.78. The number of nitrogens with one attached hydrogen (secondary N) is 2. The largest absolute Gasteiger partial charge is 0.444 e. The van der Waals surface area contributed by atoms with E-state index in [2.05, 4.69) is 41.3 Å². The first-order valence-electron chi connectivity index (χ1n) is 26.6. The topological polar surface area (TPSA) is 215 Å². The SMILES string of the molecule is Cn1cc(-c2cnc3c(Nc4ccc(-n5ccnc5)cc4)nc(C4=CCCN(C(=O)OC(C)(C)C)C4)cn23)cn1.Cn1cc(-c2cnc3c(Nc4ccc(-n5ccnc5)cc4)nc(C4CCCN(C(=O)OC(C)(C)C)C4)cn23)cn1. The Morgan fingerprint density at radius 3 is 1.65 bits per heavy atom. The average molecular weight is 1080 g/mol. The minimum absolute atomic E-state index is 0.0546. The van der Waals surface area contributed by atoms with E-state index in [-0.39, 0.29) is 18.1 Å². The number of imidazole rings is 4. The number of fused-ring (bicyclic) bond motifs is 2. The molecule has 80 heavy (non-hydrogen) atoms. The number of aryl methyl sites for hydroxylation is 2. The number of likely N-dealkylation sites (tertiary alicyclic amines) is 1. The number of aromatic nitrogens is 14. The number of anilines is 4. The maximum absolute atomic E-state index is 12.9. The van der Waals surface area contributed by atoms with Gasteiger partial charge >= 0.3 is 12.2 Å². The minimum Gasteiger partial charge on any atom is -0.444 e. The number of piperidine rings is 1. The van der Waals surface area contributed by atoms with Crippen LogP contribution in [0.5, 0.6) is 0 Å². The molecule has 22 heteroatoms. The van der Waals surface area contributed by atoms with Crippen LogP contribution in [-0.4, -0.2) is 127 Å². The van der Waals surface area contributed by atoms with Crippen LogP contribution >= 0.6 is 0 Å². The lowest BCUT2D eigenvalue weighted by molar-refractivity contribution is 0.0195. The summed E-state index contributed by atoms with van der Waals surface area (Å²) in [6.07, 6.45) is 30.2. The zero-order valence-electron chi connectivity index (χ0n) is 46.1. The molecule has 0 spiro atoms. The number of hydrogen-bond acceptors (Lipinski definition) is 14. The molecule has 10 heterocycles. The van der Waals surface area contributed by atoms with E-state index in [0.717, 1.165) is 75.1 Å². The molecule has 1 unspecified atom stereocenters. The van der Waals surface area contributed by atoms with Crippen molar-refractivity contribution in [2.45, 2.75) is 77.9 Å². The van der Waals surface area contributed by atoms with Gasteiger partial charge in [0, 0.05) is 123 Å². The van der Waals surface area contributed by atoms with E-state index in [9.17, 15) is 9.59 Å². The van der Waals surface area contributed by atoms with Gasteiger partial charge in [0.15, 0.2) is 22.9 Å². The van der Waals surface area contributed by atoms with Crippen LogP contribution in [0.2, 0.25) is 0 Å². The molecular weight excluding hydrogens is 1010 g/mol. The normalized spacial score (nSPS) is 14.9. The van der Waals surface area contributed by atoms with Crippen molar-refractivity contribution >= 4 is 52.1 Å². The Hall–Kier alpha value is -9.60. The monoisotopic (exact) mass is 1080 g/mol. The van der Waals surface area contributed by atoms with E-state index in [1.807, 2.05) is 180 Å². The highest BCUT2D eigenvalue weighted by molar-refractivity contribution is 5.80. The van der Waals surface area contributed by atoms with E-state index in [1.165, 1.54) is 0 Å². The molecule has 2 N–H and O–H groups in total. The van der Waals surface area contributed by atoms with Crippen LogP contribution in [0, 0.1) is 0 Å². The number of benzene rings is 2. The van der Waals surface area contributed by atoms with Gasteiger partial charge in [0.2, 0.25) is 0 Å². The van der Waals surface area contributed by atoms with E-state index < -0.39 is 11.2 Å². The zero-order chi connectivity index (χ0) is 55.7. The fourth-order valence-corrected chi connectivity index (χ4v) is 9.70. The summed E-state index contributed by atoms with van der Waals surface area (Å²) < 4.78 is 22.8.